The fraction of sp³-hybridized carbons (Fsp3) is 0.0588. The fourth-order valence-electron chi connectivity index (χ4n) is 2.24. The highest BCUT2D eigenvalue weighted by molar-refractivity contribution is 7.89. The molecule has 2 N–H and O–H groups in total. The van der Waals surface area contributed by atoms with E-state index in [1.165, 1.54) is 12.1 Å². The molecule has 0 spiro atoms. The number of rotatable bonds is 4. The van der Waals surface area contributed by atoms with Crippen LogP contribution in [-0.2, 0) is 10.0 Å². The van der Waals surface area contributed by atoms with Crippen LogP contribution in [0.15, 0.2) is 65.7 Å². The number of hydrazine groups is 1. The smallest absolute Gasteiger partial charge is 0.266 e. The zero-order valence-corrected chi connectivity index (χ0v) is 13.7. The van der Waals surface area contributed by atoms with Gasteiger partial charge in [-0.25, -0.2) is 8.42 Å². The number of benzene rings is 2. The van der Waals surface area contributed by atoms with Gasteiger partial charge in [0.15, 0.2) is 0 Å². The Hall–Kier alpha value is -2.77. The minimum atomic E-state index is -3.82. The van der Waals surface area contributed by atoms with Crippen LogP contribution in [-0.4, -0.2) is 19.3 Å². The van der Waals surface area contributed by atoms with Gasteiger partial charge in [-0.15, -0.1) is 4.83 Å². The van der Waals surface area contributed by atoms with Crippen LogP contribution in [0.1, 0.15) is 15.9 Å². The van der Waals surface area contributed by atoms with E-state index in [0.717, 1.165) is 16.5 Å². The van der Waals surface area contributed by atoms with Crippen molar-refractivity contribution in [3.8, 4) is 0 Å². The van der Waals surface area contributed by atoms with Gasteiger partial charge in [0.05, 0.1) is 10.4 Å². The fourth-order valence-corrected chi connectivity index (χ4v) is 3.19. The molecule has 2 aromatic carbocycles. The van der Waals surface area contributed by atoms with Gasteiger partial charge in [-0.1, -0.05) is 18.2 Å². The van der Waals surface area contributed by atoms with Crippen LogP contribution in [0.3, 0.4) is 0 Å². The standard InChI is InChI=1S/C17H15N3O3S/c1-12-4-2-6-15(10-12)24(22,23)20-19-17(21)14-7-8-16-13(11-14)5-3-9-18-16/h2-11,20H,1H3,(H,19,21). The Morgan fingerprint density at radius 3 is 2.67 bits per heavy atom. The van der Waals surface area contributed by atoms with Gasteiger partial charge in [0, 0.05) is 17.1 Å². The number of carbonyl (C=O) groups excluding carboxylic acids is 1. The molecule has 7 heteroatoms. The van der Waals surface area contributed by atoms with Crippen LogP contribution in [0.4, 0.5) is 0 Å². The largest absolute Gasteiger partial charge is 0.273 e. The van der Waals surface area contributed by atoms with E-state index in [9.17, 15) is 13.2 Å². The number of sulfonamides is 1. The molecule has 0 saturated heterocycles. The number of aryl methyl sites for hydroxylation is 1. The molecular formula is C17H15N3O3S. The molecule has 0 unspecified atom stereocenters. The lowest BCUT2D eigenvalue weighted by Crippen LogP contribution is -2.41. The number of hydrogen-bond acceptors (Lipinski definition) is 4. The van der Waals surface area contributed by atoms with E-state index in [2.05, 4.69) is 15.2 Å². The average Bonchev–Trinajstić information content (AvgIpc) is 2.59. The number of carbonyl (C=O) groups is 1. The van der Waals surface area contributed by atoms with Crippen LogP contribution in [0.2, 0.25) is 0 Å². The summed E-state index contributed by atoms with van der Waals surface area (Å²) >= 11 is 0. The highest BCUT2D eigenvalue weighted by atomic mass is 32.2. The lowest BCUT2D eigenvalue weighted by atomic mass is 10.1. The molecule has 3 rings (SSSR count). The Bertz CT molecular complexity index is 1020. The first kappa shape index (κ1) is 16.1. The summed E-state index contributed by atoms with van der Waals surface area (Å²) in [7, 11) is -3.82. The third-order valence-corrected chi connectivity index (χ3v) is 4.71. The van der Waals surface area contributed by atoms with Crippen molar-refractivity contribution in [1.29, 1.82) is 0 Å². The van der Waals surface area contributed by atoms with Crippen LogP contribution >= 0.6 is 0 Å². The van der Waals surface area contributed by atoms with Gasteiger partial charge in [-0.05, 0) is 48.9 Å². The van der Waals surface area contributed by atoms with E-state index < -0.39 is 15.9 Å². The Morgan fingerprint density at radius 1 is 1.04 bits per heavy atom. The maximum absolute atomic E-state index is 12.2. The Morgan fingerprint density at radius 2 is 1.88 bits per heavy atom. The van der Waals surface area contributed by atoms with Gasteiger partial charge in [0.25, 0.3) is 15.9 Å². The molecule has 1 amide bonds. The lowest BCUT2D eigenvalue weighted by molar-refractivity contribution is 0.0945. The second-order valence-corrected chi connectivity index (χ2v) is 6.97. The Kier molecular flexibility index (Phi) is 4.28. The van der Waals surface area contributed by atoms with Gasteiger partial charge in [-0.3, -0.25) is 15.2 Å². The number of hydrogen-bond donors (Lipinski definition) is 2. The average molecular weight is 341 g/mol. The van der Waals surface area contributed by atoms with E-state index >= 15 is 0 Å². The van der Waals surface area contributed by atoms with E-state index in [1.54, 1.807) is 49.5 Å². The summed E-state index contributed by atoms with van der Waals surface area (Å²) in [4.78, 5) is 18.5. The first-order chi connectivity index (χ1) is 11.5. The summed E-state index contributed by atoms with van der Waals surface area (Å²) in [6, 6.07) is 15.0. The summed E-state index contributed by atoms with van der Waals surface area (Å²) in [6.45, 7) is 1.79. The number of aromatic nitrogens is 1. The van der Waals surface area contributed by atoms with Gasteiger partial charge in [0.2, 0.25) is 0 Å². The molecule has 3 aromatic rings. The normalized spacial score (nSPS) is 11.4. The SMILES string of the molecule is Cc1cccc(S(=O)(=O)NNC(=O)c2ccc3ncccc3c2)c1. The van der Waals surface area contributed by atoms with Crippen molar-refractivity contribution in [2.75, 3.05) is 0 Å². The zero-order valence-electron chi connectivity index (χ0n) is 12.9. The van der Waals surface area contributed by atoms with Gasteiger partial charge >= 0.3 is 0 Å². The molecule has 0 atom stereocenters. The molecule has 24 heavy (non-hydrogen) atoms. The predicted octanol–water partition coefficient (Wildman–Crippen LogP) is 2.17. The number of nitrogens with zero attached hydrogens (tertiary/aromatic N) is 1. The molecule has 0 radical (unpaired) electrons. The molecular weight excluding hydrogens is 326 g/mol. The van der Waals surface area contributed by atoms with Crippen LogP contribution in [0, 0.1) is 6.92 Å². The highest BCUT2D eigenvalue weighted by Gasteiger charge is 2.16. The van der Waals surface area contributed by atoms with Crippen LogP contribution < -0.4 is 10.3 Å². The number of pyridine rings is 1. The maximum atomic E-state index is 12.2. The third kappa shape index (κ3) is 3.42. The highest BCUT2D eigenvalue weighted by Crippen LogP contribution is 2.13. The van der Waals surface area contributed by atoms with Gasteiger partial charge in [-0.2, -0.15) is 0 Å². The minimum Gasteiger partial charge on any atom is -0.273 e. The summed E-state index contributed by atoms with van der Waals surface area (Å²) in [6.07, 6.45) is 1.66. The van der Waals surface area contributed by atoms with E-state index in [0.29, 0.717) is 5.56 Å². The monoisotopic (exact) mass is 341 g/mol. The molecule has 1 heterocycles. The molecule has 6 nitrogen and oxygen atoms in total. The Balaban J connectivity index is 1.76. The van der Waals surface area contributed by atoms with E-state index in [-0.39, 0.29) is 4.90 Å². The van der Waals surface area contributed by atoms with Crippen LogP contribution in [0.5, 0.6) is 0 Å². The second-order valence-electron chi connectivity index (χ2n) is 5.29. The van der Waals surface area contributed by atoms with Crippen molar-refractivity contribution in [3.63, 3.8) is 0 Å². The molecule has 0 aliphatic heterocycles. The molecule has 0 fully saturated rings. The molecule has 0 saturated carbocycles. The lowest BCUT2D eigenvalue weighted by Gasteiger charge is -2.09. The first-order valence-corrected chi connectivity index (χ1v) is 8.68. The summed E-state index contributed by atoms with van der Waals surface area (Å²) in [5.41, 5.74) is 4.13. The number of nitrogens with one attached hydrogen (secondary N) is 2. The summed E-state index contributed by atoms with van der Waals surface area (Å²) < 4.78 is 24.4. The van der Waals surface area contributed by atoms with Crippen molar-refractivity contribution >= 4 is 26.8 Å². The van der Waals surface area contributed by atoms with Crippen molar-refractivity contribution < 1.29 is 13.2 Å². The molecule has 1 aromatic heterocycles. The van der Waals surface area contributed by atoms with Gasteiger partial charge < -0.3 is 0 Å². The van der Waals surface area contributed by atoms with Crippen molar-refractivity contribution in [2.45, 2.75) is 11.8 Å². The maximum Gasteiger partial charge on any atom is 0.266 e. The minimum absolute atomic E-state index is 0.0884. The first-order valence-electron chi connectivity index (χ1n) is 7.19. The van der Waals surface area contributed by atoms with Crippen molar-refractivity contribution in [3.05, 3.63) is 71.9 Å². The quantitative estimate of drug-likeness (QED) is 0.712. The Labute approximate surface area is 139 Å². The topological polar surface area (TPSA) is 88.2 Å². The van der Waals surface area contributed by atoms with Crippen LogP contribution in [0.25, 0.3) is 10.9 Å². The summed E-state index contributed by atoms with van der Waals surface area (Å²) in [5.74, 6) is -0.544. The molecule has 0 aliphatic rings. The predicted molar refractivity (Wildman–Crippen MR) is 90.7 cm³/mol. The van der Waals surface area contributed by atoms with E-state index in [4.69, 9.17) is 0 Å². The summed E-state index contributed by atoms with van der Waals surface area (Å²) in [5, 5.41) is 0.798. The zero-order chi connectivity index (χ0) is 17.2. The van der Waals surface area contributed by atoms with E-state index in [1.807, 2.05) is 6.07 Å². The number of amides is 1. The van der Waals surface area contributed by atoms with Crippen molar-refractivity contribution in [1.82, 2.24) is 15.2 Å². The molecule has 122 valence electrons. The van der Waals surface area contributed by atoms with Crippen molar-refractivity contribution in [2.24, 2.45) is 0 Å². The second kappa shape index (κ2) is 6.38. The third-order valence-electron chi connectivity index (χ3n) is 3.46. The van der Waals surface area contributed by atoms with Gasteiger partial charge in [0.1, 0.15) is 0 Å². The number of fused-ring (bicyclic) bond motifs is 1. The molecule has 0 aliphatic carbocycles. The molecule has 0 bridgehead atoms.